The topological polar surface area (TPSA) is 90.2 Å². The number of hydrogen-bond acceptors (Lipinski definition) is 5. The molecule has 3 aliphatic carbocycles. The Labute approximate surface area is 206 Å². The smallest absolute Gasteiger partial charge is 0.113 e. The minimum absolute atomic E-state index is 0.227. The molecule has 9 heteroatoms. The third-order valence-electron chi connectivity index (χ3n) is 8.15. The Morgan fingerprint density at radius 1 is 1.06 bits per heavy atom. The zero-order valence-corrected chi connectivity index (χ0v) is 19.9. The van der Waals surface area contributed by atoms with Gasteiger partial charge in [-0.3, -0.25) is 5.10 Å². The van der Waals surface area contributed by atoms with Crippen LogP contribution in [-0.4, -0.2) is 55.5 Å². The summed E-state index contributed by atoms with van der Waals surface area (Å²) >= 11 is 0. The first kappa shape index (κ1) is 20.5. The van der Waals surface area contributed by atoms with E-state index in [9.17, 15) is 4.39 Å². The van der Waals surface area contributed by atoms with E-state index in [1.807, 2.05) is 17.1 Å². The van der Waals surface area contributed by atoms with Crippen molar-refractivity contribution in [1.82, 2.24) is 35.5 Å². The maximum Gasteiger partial charge on any atom is 0.113 e. The predicted molar refractivity (Wildman–Crippen MR) is 137 cm³/mol. The van der Waals surface area contributed by atoms with Crippen molar-refractivity contribution in [3.8, 4) is 11.3 Å². The lowest BCUT2D eigenvalue weighted by Crippen LogP contribution is -2.67. The van der Waals surface area contributed by atoms with Gasteiger partial charge in [-0.2, -0.15) is 5.10 Å². The summed E-state index contributed by atoms with van der Waals surface area (Å²) in [6.07, 6.45) is 6.08. The van der Waals surface area contributed by atoms with Gasteiger partial charge in [0.1, 0.15) is 11.4 Å². The van der Waals surface area contributed by atoms with E-state index in [0.717, 1.165) is 84.4 Å². The zero-order valence-electron chi connectivity index (χ0n) is 19.9. The van der Waals surface area contributed by atoms with Crippen molar-refractivity contribution in [3.05, 3.63) is 60.0 Å². The van der Waals surface area contributed by atoms with Gasteiger partial charge in [-0.1, -0.05) is 17.3 Å². The van der Waals surface area contributed by atoms with E-state index in [1.54, 1.807) is 0 Å². The molecule has 3 aromatic heterocycles. The highest BCUT2D eigenvalue weighted by atomic mass is 19.1. The van der Waals surface area contributed by atoms with Gasteiger partial charge in [0.2, 0.25) is 0 Å². The minimum Gasteiger partial charge on any atom is -0.368 e. The summed E-state index contributed by atoms with van der Waals surface area (Å²) in [5.74, 6) is 0. The summed E-state index contributed by atoms with van der Waals surface area (Å²) in [6.45, 7) is 4.50. The number of rotatable bonds is 8. The molecule has 182 valence electrons. The number of fused-ring (bicyclic) bond motifs is 2. The molecule has 5 aromatic rings. The van der Waals surface area contributed by atoms with Gasteiger partial charge in [-0.25, -0.2) is 9.07 Å². The number of alkyl halides is 1. The Hall–Kier alpha value is -3.72. The fourth-order valence-electron chi connectivity index (χ4n) is 6.36. The summed E-state index contributed by atoms with van der Waals surface area (Å²) in [5.41, 5.74) is 6.93. The second kappa shape index (κ2) is 7.16. The van der Waals surface area contributed by atoms with Crippen molar-refractivity contribution in [1.29, 1.82) is 0 Å². The van der Waals surface area contributed by atoms with Crippen molar-refractivity contribution in [2.24, 2.45) is 5.41 Å². The first-order chi connectivity index (χ1) is 17.5. The molecule has 4 fully saturated rings. The molecule has 4 heterocycles. The first-order valence-electron chi connectivity index (χ1n) is 12.7. The highest BCUT2D eigenvalue weighted by Gasteiger charge is 2.68. The van der Waals surface area contributed by atoms with E-state index in [2.05, 4.69) is 72.1 Å². The van der Waals surface area contributed by atoms with Crippen LogP contribution < -0.4 is 10.2 Å². The van der Waals surface area contributed by atoms with E-state index < -0.39 is 5.67 Å². The Kier molecular flexibility index (Phi) is 4.07. The number of anilines is 1. The fraction of sp³-hybridized carbons (Fsp3) is 0.370. The number of aromatic amines is 2. The summed E-state index contributed by atoms with van der Waals surface area (Å²) in [7, 11) is 0. The van der Waals surface area contributed by atoms with Crippen LogP contribution in [0.2, 0.25) is 0 Å². The first-order valence-corrected chi connectivity index (χ1v) is 12.7. The number of aromatic nitrogens is 6. The quantitative estimate of drug-likeness (QED) is 0.289. The van der Waals surface area contributed by atoms with Crippen LogP contribution in [0.25, 0.3) is 33.1 Å². The van der Waals surface area contributed by atoms with Crippen LogP contribution in [0.15, 0.2) is 48.8 Å². The molecule has 0 spiro atoms. The molecule has 2 bridgehead atoms. The minimum atomic E-state index is -0.825. The summed E-state index contributed by atoms with van der Waals surface area (Å²) in [4.78, 5) is 5.86. The van der Waals surface area contributed by atoms with E-state index in [4.69, 9.17) is 0 Å². The lowest BCUT2D eigenvalue weighted by Gasteiger charge is -2.66. The van der Waals surface area contributed by atoms with Crippen LogP contribution in [0, 0.1) is 5.41 Å². The highest BCUT2D eigenvalue weighted by Crippen LogP contribution is 2.69. The molecule has 1 aliphatic heterocycles. The number of hydrogen-bond donors (Lipinski definition) is 3. The molecule has 36 heavy (non-hydrogen) atoms. The molecule has 0 amide bonds. The summed E-state index contributed by atoms with van der Waals surface area (Å²) < 4.78 is 15.6. The van der Waals surface area contributed by atoms with Gasteiger partial charge in [0, 0.05) is 54.0 Å². The van der Waals surface area contributed by atoms with Crippen molar-refractivity contribution in [2.45, 2.75) is 38.0 Å². The van der Waals surface area contributed by atoms with Crippen LogP contribution >= 0.6 is 0 Å². The van der Waals surface area contributed by atoms with Gasteiger partial charge in [0.25, 0.3) is 0 Å². The zero-order chi connectivity index (χ0) is 23.9. The standard InChI is InChI=1S/C27H27FN8/c28-27-13-26(14-27,15-27)16-29-9-19-6-18-2-1-17(5-23(18)31-19)11-36-12-25(33-34-36)21-7-20(35-3-4-35)8-24-22(21)10-30-32-24/h1-2,5-8,10,12,29,31H,3-4,9,11,13-16H2,(H,30,32). The Bertz CT molecular complexity index is 1600. The van der Waals surface area contributed by atoms with Gasteiger partial charge < -0.3 is 15.2 Å². The Balaban J connectivity index is 0.985. The second-order valence-corrected chi connectivity index (χ2v) is 11.1. The fourth-order valence-corrected chi connectivity index (χ4v) is 6.36. The van der Waals surface area contributed by atoms with Crippen molar-refractivity contribution < 1.29 is 4.39 Å². The molecule has 9 rings (SSSR count). The van der Waals surface area contributed by atoms with Crippen LogP contribution in [0.3, 0.4) is 0 Å². The maximum atomic E-state index is 13.7. The average Bonchev–Trinajstić information content (AvgIpc) is 3.21. The Morgan fingerprint density at radius 2 is 1.94 bits per heavy atom. The van der Waals surface area contributed by atoms with E-state index in [0.29, 0.717) is 6.54 Å². The monoisotopic (exact) mass is 482 g/mol. The number of H-pyrrole nitrogens is 2. The lowest BCUT2D eigenvalue weighted by molar-refractivity contribution is -0.209. The molecular formula is C27H27FN8. The van der Waals surface area contributed by atoms with E-state index >= 15 is 0 Å². The van der Waals surface area contributed by atoms with Gasteiger partial charge in [-0.05, 0) is 59.9 Å². The van der Waals surface area contributed by atoms with E-state index in [1.165, 1.54) is 11.1 Å². The maximum absolute atomic E-state index is 13.7. The molecule has 0 radical (unpaired) electrons. The molecule has 0 atom stereocenters. The molecule has 3 saturated carbocycles. The van der Waals surface area contributed by atoms with Crippen LogP contribution in [0.4, 0.5) is 10.1 Å². The van der Waals surface area contributed by atoms with Crippen molar-refractivity contribution in [2.75, 3.05) is 24.5 Å². The van der Waals surface area contributed by atoms with Crippen molar-refractivity contribution >= 4 is 27.5 Å². The van der Waals surface area contributed by atoms with Gasteiger partial charge >= 0.3 is 0 Å². The molecule has 8 nitrogen and oxygen atoms in total. The van der Waals surface area contributed by atoms with Gasteiger partial charge in [-0.15, -0.1) is 5.10 Å². The molecule has 3 N–H and O–H groups in total. The van der Waals surface area contributed by atoms with Gasteiger partial charge in [0.05, 0.1) is 24.5 Å². The summed E-state index contributed by atoms with van der Waals surface area (Å²) in [6, 6.07) is 13.0. The second-order valence-electron chi connectivity index (χ2n) is 11.1. The van der Waals surface area contributed by atoms with Crippen LogP contribution in [0.1, 0.15) is 30.5 Å². The molecule has 4 aliphatic rings. The van der Waals surface area contributed by atoms with Crippen LogP contribution in [0.5, 0.6) is 0 Å². The SMILES string of the molecule is FC12CC(CNCc3cc4ccc(Cn5cc(-c6cc(N7CC7)cc7[nH]ncc67)nn5)cc4[nH]3)(C1)C2. The predicted octanol–water partition coefficient (Wildman–Crippen LogP) is 4.15. The number of halogens is 1. The third kappa shape index (κ3) is 3.33. The normalized spacial score (nSPS) is 24.3. The number of nitrogens with zero attached hydrogens (tertiary/aromatic N) is 5. The average molecular weight is 483 g/mol. The highest BCUT2D eigenvalue weighted by molar-refractivity contribution is 5.96. The molecule has 1 saturated heterocycles. The van der Waals surface area contributed by atoms with Crippen molar-refractivity contribution in [3.63, 3.8) is 0 Å². The molecule has 0 unspecified atom stereocenters. The molecule has 2 aromatic carbocycles. The largest absolute Gasteiger partial charge is 0.368 e. The van der Waals surface area contributed by atoms with Gasteiger partial charge in [0.15, 0.2) is 0 Å². The van der Waals surface area contributed by atoms with Crippen LogP contribution in [-0.2, 0) is 13.1 Å². The number of nitrogens with one attached hydrogen (secondary N) is 3. The number of benzene rings is 2. The lowest BCUT2D eigenvalue weighted by atomic mass is 9.42. The Morgan fingerprint density at radius 3 is 2.78 bits per heavy atom. The van der Waals surface area contributed by atoms with E-state index in [-0.39, 0.29) is 5.41 Å². The summed E-state index contributed by atoms with van der Waals surface area (Å²) in [5, 5.41) is 22.0. The third-order valence-corrected chi connectivity index (χ3v) is 8.15. The molecular weight excluding hydrogens is 455 g/mol.